The summed E-state index contributed by atoms with van der Waals surface area (Å²) >= 11 is 0. The van der Waals surface area contributed by atoms with Gasteiger partial charge in [-0.15, -0.1) is 23.3 Å². The Kier molecular flexibility index (Phi) is 8.76. The molecule has 0 radical (unpaired) electrons. The Morgan fingerprint density at radius 2 is 1.26 bits per heavy atom. The van der Waals surface area contributed by atoms with Crippen LogP contribution in [0.4, 0.5) is 11.4 Å². The molecule has 0 saturated heterocycles. The number of benzene rings is 5. The molecule has 2 heterocycles. The molecule has 1 aliphatic heterocycles. The summed E-state index contributed by atoms with van der Waals surface area (Å²) in [4.78, 5) is 5.18. The Morgan fingerprint density at radius 3 is 1.98 bits per heavy atom. The van der Waals surface area contributed by atoms with E-state index in [1.54, 1.807) is 0 Å². The quantitative estimate of drug-likeness (QED) is 0.131. The van der Waals surface area contributed by atoms with Gasteiger partial charge in [0, 0.05) is 5.69 Å². The largest absolute Gasteiger partial charge is 3.00 e. The maximum Gasteiger partial charge on any atom is 3.00 e. The van der Waals surface area contributed by atoms with Crippen molar-refractivity contribution in [1.82, 2.24) is 4.98 Å². The van der Waals surface area contributed by atoms with Gasteiger partial charge in [-0.25, -0.2) is 5.56 Å². The van der Waals surface area contributed by atoms with E-state index in [2.05, 4.69) is 126 Å². The third-order valence-electron chi connectivity index (χ3n) is 8.54. The van der Waals surface area contributed by atoms with Gasteiger partial charge in [0.1, 0.15) is 11.5 Å². The van der Waals surface area contributed by atoms with Crippen molar-refractivity contribution in [3.8, 4) is 56.3 Å². The standard InChI is InChI=1S/C43H37N2O.Au/c1-42(2,3)33-21-17-28(18-22-33)30-25-31(29-19-23-34(24-20-29)43(4,5)6)27-32(26-30)36-13-10-14-37(44-36)35-11-9-16-40-41(35)45-38-12-7-8-15-39(38)46-40;/h7-19,21-26H,1-6H3;/q-3;+3. The minimum absolute atomic E-state index is 0. The Hall–Kier alpha value is -4.41. The molecule has 0 saturated carbocycles. The normalized spacial score (nSPS) is 12.2. The van der Waals surface area contributed by atoms with Crippen LogP contribution in [0, 0.1) is 12.1 Å². The van der Waals surface area contributed by atoms with Gasteiger partial charge < -0.3 is 10.1 Å². The van der Waals surface area contributed by atoms with Crippen molar-refractivity contribution in [3.63, 3.8) is 0 Å². The van der Waals surface area contributed by atoms with Gasteiger partial charge in [-0.05, 0) is 45.7 Å². The molecular formula is C43H37AuN2O. The van der Waals surface area contributed by atoms with Gasteiger partial charge in [0.15, 0.2) is 0 Å². The molecule has 6 aromatic rings. The Labute approximate surface area is 294 Å². The number of ether oxygens (including phenoxy) is 1. The van der Waals surface area contributed by atoms with E-state index < -0.39 is 0 Å². The molecule has 3 nitrogen and oxygen atoms in total. The number of rotatable bonds is 4. The second kappa shape index (κ2) is 12.7. The fourth-order valence-corrected chi connectivity index (χ4v) is 5.78. The molecule has 7 rings (SSSR count). The van der Waals surface area contributed by atoms with Crippen molar-refractivity contribution in [2.24, 2.45) is 0 Å². The van der Waals surface area contributed by atoms with E-state index in [9.17, 15) is 0 Å². The fourth-order valence-electron chi connectivity index (χ4n) is 5.78. The van der Waals surface area contributed by atoms with Crippen molar-refractivity contribution >= 4 is 11.4 Å². The number of para-hydroxylation sites is 3. The predicted octanol–water partition coefficient (Wildman–Crippen LogP) is 12.4. The summed E-state index contributed by atoms with van der Waals surface area (Å²) in [7, 11) is 0. The monoisotopic (exact) mass is 794 g/mol. The average Bonchev–Trinajstić information content (AvgIpc) is 3.06. The van der Waals surface area contributed by atoms with Crippen LogP contribution in [-0.2, 0) is 33.2 Å². The van der Waals surface area contributed by atoms with E-state index in [0.717, 1.165) is 67.6 Å². The average molecular weight is 795 g/mol. The molecular weight excluding hydrogens is 757 g/mol. The smallest absolute Gasteiger partial charge is 0.651 e. The van der Waals surface area contributed by atoms with Crippen LogP contribution in [0.15, 0.2) is 115 Å². The van der Waals surface area contributed by atoms with Gasteiger partial charge in [-0.2, -0.15) is 35.9 Å². The van der Waals surface area contributed by atoms with E-state index in [4.69, 9.17) is 15.0 Å². The SMILES string of the molecule is CC(C)(C)c1c[c-]c(-c2[c-]c(-c3cccc(-c4cccc5c4[N-]c4ccccc4O5)n3)cc(-c3ccc(C(C)(C)C)cc3)c2)cc1.[Au+3]. The van der Waals surface area contributed by atoms with E-state index >= 15 is 0 Å². The van der Waals surface area contributed by atoms with Crippen LogP contribution in [0.1, 0.15) is 52.7 Å². The molecule has 0 fully saturated rings. The van der Waals surface area contributed by atoms with Crippen molar-refractivity contribution in [3.05, 3.63) is 144 Å². The zero-order valence-corrected chi connectivity index (χ0v) is 29.7. The molecule has 0 bridgehead atoms. The number of nitrogens with zero attached hydrogens (tertiary/aromatic N) is 2. The molecule has 0 amide bonds. The second-order valence-electron chi connectivity index (χ2n) is 14.0. The summed E-state index contributed by atoms with van der Waals surface area (Å²) in [6.45, 7) is 13.4. The molecule has 236 valence electrons. The van der Waals surface area contributed by atoms with Crippen LogP contribution in [0.5, 0.6) is 11.5 Å². The Morgan fingerprint density at radius 1 is 0.596 bits per heavy atom. The van der Waals surface area contributed by atoms with E-state index in [1.807, 2.05) is 42.5 Å². The topological polar surface area (TPSA) is 36.2 Å². The van der Waals surface area contributed by atoms with Crippen LogP contribution < -0.4 is 4.74 Å². The van der Waals surface area contributed by atoms with Crippen LogP contribution in [0.2, 0.25) is 0 Å². The van der Waals surface area contributed by atoms with Gasteiger partial charge in [0.25, 0.3) is 0 Å². The van der Waals surface area contributed by atoms with Gasteiger partial charge in [0.05, 0.1) is 5.69 Å². The molecule has 47 heavy (non-hydrogen) atoms. The number of fused-ring (bicyclic) bond motifs is 2. The summed E-state index contributed by atoms with van der Waals surface area (Å²) in [5.41, 5.74) is 12.1. The first-order valence-corrected chi connectivity index (χ1v) is 15.8. The minimum Gasteiger partial charge on any atom is -0.651 e. The molecule has 0 unspecified atom stereocenters. The molecule has 1 aliphatic rings. The Bertz CT molecular complexity index is 1970. The maximum atomic E-state index is 6.21. The van der Waals surface area contributed by atoms with Gasteiger partial charge in [0.2, 0.25) is 0 Å². The summed E-state index contributed by atoms with van der Waals surface area (Å²) in [6, 6.07) is 47.0. The zero-order chi connectivity index (χ0) is 32.1. The predicted molar refractivity (Wildman–Crippen MR) is 190 cm³/mol. The Balaban J connectivity index is 0.00000386. The second-order valence-corrected chi connectivity index (χ2v) is 14.0. The first kappa shape index (κ1) is 32.5. The summed E-state index contributed by atoms with van der Waals surface area (Å²) in [5.74, 6) is 1.49. The number of hydrogen-bond acceptors (Lipinski definition) is 2. The molecule has 1 aromatic heterocycles. The maximum absolute atomic E-state index is 6.21. The zero-order valence-electron chi connectivity index (χ0n) is 27.6. The van der Waals surface area contributed by atoms with E-state index in [1.165, 1.54) is 11.1 Å². The van der Waals surface area contributed by atoms with E-state index in [-0.39, 0.29) is 33.2 Å². The third-order valence-corrected chi connectivity index (χ3v) is 8.54. The summed E-state index contributed by atoms with van der Waals surface area (Å²) in [6.07, 6.45) is 0. The van der Waals surface area contributed by atoms with E-state index in [0.29, 0.717) is 0 Å². The van der Waals surface area contributed by atoms with Crippen LogP contribution in [0.25, 0.3) is 50.1 Å². The van der Waals surface area contributed by atoms with Gasteiger partial charge >= 0.3 is 22.4 Å². The van der Waals surface area contributed by atoms with Crippen LogP contribution in [0.3, 0.4) is 0 Å². The van der Waals surface area contributed by atoms with Crippen molar-refractivity contribution < 1.29 is 27.1 Å². The molecule has 4 heteroatoms. The van der Waals surface area contributed by atoms with Crippen molar-refractivity contribution in [2.75, 3.05) is 0 Å². The molecule has 5 aromatic carbocycles. The van der Waals surface area contributed by atoms with Crippen molar-refractivity contribution in [2.45, 2.75) is 52.4 Å². The number of hydrogen-bond donors (Lipinski definition) is 0. The molecule has 0 atom stereocenters. The minimum atomic E-state index is 0. The first-order chi connectivity index (χ1) is 22.0. The number of aromatic nitrogens is 1. The van der Waals surface area contributed by atoms with Crippen LogP contribution in [-0.4, -0.2) is 4.98 Å². The molecule has 0 aliphatic carbocycles. The van der Waals surface area contributed by atoms with Crippen LogP contribution >= 0.6 is 0 Å². The van der Waals surface area contributed by atoms with Gasteiger partial charge in [-0.1, -0.05) is 125 Å². The number of pyridine rings is 1. The summed E-state index contributed by atoms with van der Waals surface area (Å²) in [5, 5.41) is 4.97. The fraction of sp³-hybridized carbons (Fsp3) is 0.186. The molecule has 0 N–H and O–H groups in total. The van der Waals surface area contributed by atoms with Crippen molar-refractivity contribution in [1.29, 1.82) is 0 Å². The first-order valence-electron chi connectivity index (χ1n) is 15.8. The molecule has 0 spiro atoms. The van der Waals surface area contributed by atoms with Gasteiger partial charge in [-0.3, -0.25) is 4.98 Å². The summed E-state index contributed by atoms with van der Waals surface area (Å²) < 4.78 is 6.21. The third kappa shape index (κ3) is 6.71.